The molecule has 1 unspecified atom stereocenters. The average molecular weight is 432 g/mol. The Morgan fingerprint density at radius 3 is 1.84 bits per heavy atom. The van der Waals surface area contributed by atoms with Crippen LogP contribution >= 0.6 is 7.14 Å². The molecule has 4 heteroatoms. The predicted octanol–water partition coefficient (Wildman–Crippen LogP) is 6.11. The molecule has 4 aromatic carbocycles. The number of allylic oxidation sites excluding steroid dienone is 1. The maximum Gasteiger partial charge on any atom is 0.343 e. The highest BCUT2D eigenvalue weighted by atomic mass is 31.2. The van der Waals surface area contributed by atoms with Gasteiger partial charge in [-0.15, -0.1) is 0 Å². The van der Waals surface area contributed by atoms with E-state index in [1.807, 2.05) is 103 Å². The summed E-state index contributed by atoms with van der Waals surface area (Å²) >= 11 is 0. The van der Waals surface area contributed by atoms with Crippen LogP contribution in [0.2, 0.25) is 0 Å². The molecule has 5 rings (SSSR count). The van der Waals surface area contributed by atoms with Crippen LogP contribution in [0.4, 0.5) is 0 Å². The first-order chi connectivity index (χ1) is 15.7. The zero-order chi connectivity index (χ0) is 22.0. The van der Waals surface area contributed by atoms with Gasteiger partial charge in [-0.2, -0.15) is 4.79 Å². The summed E-state index contributed by atoms with van der Waals surface area (Å²) in [6.07, 6.45) is 4.03. The van der Waals surface area contributed by atoms with Gasteiger partial charge >= 0.3 is 5.45 Å². The quantitative estimate of drug-likeness (QED) is 0.166. The molecule has 0 N–H and O–H groups in total. The van der Waals surface area contributed by atoms with E-state index in [9.17, 15) is 10.1 Å². The van der Waals surface area contributed by atoms with Crippen LogP contribution in [-0.4, -0.2) is 10.2 Å². The topological polar surface area (TPSA) is 53.5 Å². The molecule has 0 aliphatic heterocycles. The van der Waals surface area contributed by atoms with E-state index in [1.165, 1.54) is 0 Å². The average Bonchev–Trinajstić information content (AvgIpc) is 3.03. The summed E-state index contributed by atoms with van der Waals surface area (Å²) in [6.45, 7) is 0. The second-order valence-corrected chi connectivity index (χ2v) is 10.5. The lowest BCUT2D eigenvalue weighted by Crippen LogP contribution is -2.27. The molecule has 0 saturated carbocycles. The number of hydrogen-bond donors (Lipinski definition) is 0. The van der Waals surface area contributed by atoms with Gasteiger partial charge in [-0.25, -0.2) is 0 Å². The molecule has 154 valence electrons. The van der Waals surface area contributed by atoms with Crippen LogP contribution in [0.3, 0.4) is 0 Å². The second-order valence-electron chi connectivity index (χ2n) is 7.75. The summed E-state index contributed by atoms with van der Waals surface area (Å²) in [5.41, 5.74) is 14.8. The van der Waals surface area contributed by atoms with Crippen molar-refractivity contribution in [3.8, 4) is 11.1 Å². The molecule has 0 aromatic heterocycles. The van der Waals surface area contributed by atoms with E-state index in [2.05, 4.69) is 23.0 Å². The molecule has 32 heavy (non-hydrogen) atoms. The highest BCUT2D eigenvalue weighted by molar-refractivity contribution is 7.93. The minimum absolute atomic E-state index is 0.256. The van der Waals surface area contributed by atoms with Gasteiger partial charge in [0.25, 0.3) is 0 Å². The smallest absolute Gasteiger partial charge is 0.343 e. The maximum absolute atomic E-state index is 14.9. The molecule has 1 atom stereocenters. The predicted molar refractivity (Wildman–Crippen MR) is 132 cm³/mol. The van der Waals surface area contributed by atoms with Crippen molar-refractivity contribution in [3.05, 3.63) is 132 Å². The lowest BCUT2D eigenvalue weighted by atomic mass is 9.92. The minimum atomic E-state index is -3.42. The van der Waals surface area contributed by atoms with Gasteiger partial charge in [0.1, 0.15) is 5.92 Å². The van der Waals surface area contributed by atoms with Crippen LogP contribution in [0.25, 0.3) is 22.7 Å². The zero-order valence-corrected chi connectivity index (χ0v) is 18.3. The van der Waals surface area contributed by atoms with Crippen molar-refractivity contribution in [2.24, 2.45) is 0 Å². The van der Waals surface area contributed by atoms with Crippen molar-refractivity contribution in [3.63, 3.8) is 0 Å². The summed E-state index contributed by atoms with van der Waals surface area (Å²) in [4.78, 5) is 3.74. The third kappa shape index (κ3) is 3.29. The molecule has 0 bridgehead atoms. The van der Waals surface area contributed by atoms with Crippen molar-refractivity contribution in [2.75, 3.05) is 0 Å². The SMILES string of the molecule is [N-]=[N+]=C(C1C=Cc2ccccc2-c2ccccc21)P(=O)(c1ccccc1)c1ccccc1. The molecule has 1 aliphatic carbocycles. The number of rotatable bonds is 4. The van der Waals surface area contributed by atoms with E-state index >= 15 is 0 Å². The standard InChI is InChI=1S/C28H21N2OP/c29-30-28(32(31,22-12-3-1-4-13-22)23-14-5-2-6-15-23)27-20-19-21-11-7-8-16-24(21)25-17-9-10-18-26(25)27/h1-20,27H. The van der Waals surface area contributed by atoms with Gasteiger partial charge in [0, 0.05) is 10.6 Å². The Bertz CT molecular complexity index is 1360. The van der Waals surface area contributed by atoms with Crippen LogP contribution in [0, 0.1) is 0 Å². The van der Waals surface area contributed by atoms with Gasteiger partial charge < -0.3 is 10.1 Å². The van der Waals surface area contributed by atoms with Crippen molar-refractivity contribution >= 4 is 29.3 Å². The highest BCUT2D eigenvalue weighted by Crippen LogP contribution is 2.51. The Kier molecular flexibility index (Phi) is 5.29. The lowest BCUT2D eigenvalue weighted by Gasteiger charge is -2.20. The van der Waals surface area contributed by atoms with E-state index in [0.29, 0.717) is 10.6 Å². The number of benzene rings is 4. The van der Waals surface area contributed by atoms with Gasteiger partial charge in [-0.3, -0.25) is 0 Å². The Morgan fingerprint density at radius 2 is 1.22 bits per heavy atom. The van der Waals surface area contributed by atoms with Gasteiger partial charge in [0.15, 0.2) is 0 Å². The van der Waals surface area contributed by atoms with Gasteiger partial charge in [-0.1, -0.05) is 121 Å². The summed E-state index contributed by atoms with van der Waals surface area (Å²) in [6, 6.07) is 34.9. The monoisotopic (exact) mass is 432 g/mol. The fraction of sp³-hybridized carbons (Fsp3) is 0.0357. The largest absolute Gasteiger partial charge is 0.361 e. The lowest BCUT2D eigenvalue weighted by molar-refractivity contribution is -0.00373. The van der Waals surface area contributed by atoms with Crippen LogP contribution in [-0.2, 0) is 4.57 Å². The molecular weight excluding hydrogens is 411 g/mol. The second kappa shape index (κ2) is 8.40. The molecule has 0 radical (unpaired) electrons. The van der Waals surface area contributed by atoms with Crippen LogP contribution in [0.15, 0.2) is 115 Å². The van der Waals surface area contributed by atoms with E-state index < -0.39 is 13.1 Å². The van der Waals surface area contributed by atoms with Gasteiger partial charge in [0.2, 0.25) is 7.14 Å². The van der Waals surface area contributed by atoms with Crippen LogP contribution in [0.5, 0.6) is 0 Å². The first-order valence-corrected chi connectivity index (χ1v) is 12.2. The molecule has 0 fully saturated rings. The Balaban J connectivity index is 1.78. The Hall–Kier alpha value is -3.77. The van der Waals surface area contributed by atoms with Gasteiger partial charge in [0.05, 0.1) is 0 Å². The molecule has 0 saturated heterocycles. The fourth-order valence-electron chi connectivity index (χ4n) is 4.44. The van der Waals surface area contributed by atoms with E-state index in [-0.39, 0.29) is 5.45 Å². The van der Waals surface area contributed by atoms with E-state index in [1.54, 1.807) is 0 Å². The zero-order valence-electron chi connectivity index (χ0n) is 17.4. The van der Waals surface area contributed by atoms with Crippen molar-refractivity contribution in [1.82, 2.24) is 0 Å². The normalized spacial score (nSPS) is 14.6. The van der Waals surface area contributed by atoms with Crippen LogP contribution in [0.1, 0.15) is 17.0 Å². The van der Waals surface area contributed by atoms with Crippen molar-refractivity contribution < 1.29 is 9.35 Å². The van der Waals surface area contributed by atoms with E-state index in [4.69, 9.17) is 0 Å². The first-order valence-electron chi connectivity index (χ1n) is 10.5. The third-order valence-electron chi connectivity index (χ3n) is 5.96. The third-order valence-corrected chi connectivity index (χ3v) is 9.02. The molecule has 1 aliphatic rings. The molecule has 0 spiro atoms. The molecule has 0 heterocycles. The maximum atomic E-state index is 14.9. The summed E-state index contributed by atoms with van der Waals surface area (Å²) < 4.78 is 14.9. The molecule has 4 aromatic rings. The number of nitrogens with zero attached hydrogens (tertiary/aromatic N) is 2. The highest BCUT2D eigenvalue weighted by Gasteiger charge is 2.45. The summed E-state index contributed by atoms with van der Waals surface area (Å²) in [7, 11) is -3.42. The molecule has 3 nitrogen and oxygen atoms in total. The number of hydrogen-bond acceptors (Lipinski definition) is 1. The summed E-state index contributed by atoms with van der Waals surface area (Å²) in [5, 5.41) is 1.29. The van der Waals surface area contributed by atoms with Crippen molar-refractivity contribution in [2.45, 2.75) is 5.92 Å². The number of fused-ring (bicyclic) bond motifs is 3. The van der Waals surface area contributed by atoms with Gasteiger partial charge in [-0.05, 0) is 22.3 Å². The fourth-order valence-corrected chi connectivity index (χ4v) is 7.19. The summed E-state index contributed by atoms with van der Waals surface area (Å²) in [5.74, 6) is -0.449. The van der Waals surface area contributed by atoms with Crippen molar-refractivity contribution in [1.29, 1.82) is 0 Å². The minimum Gasteiger partial charge on any atom is -0.361 e. The first kappa shape index (κ1) is 20.2. The van der Waals surface area contributed by atoms with Crippen LogP contribution < -0.4 is 10.6 Å². The van der Waals surface area contributed by atoms with E-state index in [0.717, 1.165) is 22.3 Å². The Labute approximate surface area is 187 Å². The molecular formula is C28H21N2OP. The molecule has 0 amide bonds. The Morgan fingerprint density at radius 1 is 0.688 bits per heavy atom.